The Morgan fingerprint density at radius 1 is 1.48 bits per heavy atom. The van der Waals surface area contributed by atoms with Gasteiger partial charge >= 0.3 is 0 Å². The molecule has 2 heterocycles. The SMILES string of the molecule is CO[C@]1(CCC(=O)N(C)C)CCCN(C(=O)/C=C/c2csc(C)n2)C1. The van der Waals surface area contributed by atoms with Crippen molar-refractivity contribution in [2.75, 3.05) is 34.3 Å². The molecule has 25 heavy (non-hydrogen) atoms. The minimum absolute atomic E-state index is 0.0364. The van der Waals surface area contributed by atoms with Gasteiger partial charge in [0.15, 0.2) is 0 Å². The van der Waals surface area contributed by atoms with Crippen molar-refractivity contribution >= 4 is 29.2 Å². The van der Waals surface area contributed by atoms with Crippen molar-refractivity contribution in [2.24, 2.45) is 0 Å². The van der Waals surface area contributed by atoms with E-state index in [9.17, 15) is 9.59 Å². The van der Waals surface area contributed by atoms with Crippen molar-refractivity contribution in [3.8, 4) is 0 Å². The number of methoxy groups -OCH3 is 1. The molecule has 1 aliphatic heterocycles. The molecule has 1 aliphatic rings. The first-order valence-corrected chi connectivity index (χ1v) is 9.37. The lowest BCUT2D eigenvalue weighted by molar-refractivity contribution is -0.138. The first kappa shape index (κ1) is 19.6. The van der Waals surface area contributed by atoms with Gasteiger partial charge in [-0.05, 0) is 32.3 Å². The molecular formula is C18H27N3O3S. The summed E-state index contributed by atoms with van der Waals surface area (Å²) in [5.74, 6) is 0.0457. The van der Waals surface area contributed by atoms with E-state index in [4.69, 9.17) is 4.74 Å². The van der Waals surface area contributed by atoms with Crippen LogP contribution in [0.15, 0.2) is 11.5 Å². The van der Waals surface area contributed by atoms with Gasteiger partial charge in [0.25, 0.3) is 0 Å². The van der Waals surface area contributed by atoms with E-state index in [-0.39, 0.29) is 11.8 Å². The smallest absolute Gasteiger partial charge is 0.246 e. The van der Waals surface area contributed by atoms with Crippen LogP contribution >= 0.6 is 11.3 Å². The van der Waals surface area contributed by atoms with Crippen molar-refractivity contribution in [2.45, 2.75) is 38.2 Å². The van der Waals surface area contributed by atoms with Crippen molar-refractivity contribution in [3.05, 3.63) is 22.2 Å². The molecule has 138 valence electrons. The van der Waals surface area contributed by atoms with Crippen molar-refractivity contribution in [1.29, 1.82) is 0 Å². The van der Waals surface area contributed by atoms with Gasteiger partial charge in [-0.25, -0.2) is 4.98 Å². The number of piperidine rings is 1. The van der Waals surface area contributed by atoms with Crippen molar-refractivity contribution in [3.63, 3.8) is 0 Å². The Balaban J connectivity index is 1.98. The van der Waals surface area contributed by atoms with Crippen LogP contribution < -0.4 is 0 Å². The third-order valence-electron chi connectivity index (χ3n) is 4.61. The van der Waals surface area contributed by atoms with Gasteiger partial charge in [0, 0.05) is 52.2 Å². The Labute approximate surface area is 153 Å². The molecule has 2 amide bonds. The lowest BCUT2D eigenvalue weighted by Gasteiger charge is -2.41. The lowest BCUT2D eigenvalue weighted by Crippen LogP contribution is -2.51. The molecule has 1 aromatic heterocycles. The van der Waals surface area contributed by atoms with Crippen molar-refractivity contribution in [1.82, 2.24) is 14.8 Å². The summed E-state index contributed by atoms with van der Waals surface area (Å²) >= 11 is 1.56. The highest BCUT2D eigenvalue weighted by Crippen LogP contribution is 2.29. The summed E-state index contributed by atoms with van der Waals surface area (Å²) in [6, 6.07) is 0. The maximum atomic E-state index is 12.5. The maximum Gasteiger partial charge on any atom is 0.246 e. The van der Waals surface area contributed by atoms with E-state index >= 15 is 0 Å². The Hall–Kier alpha value is -1.73. The molecule has 0 aromatic carbocycles. The molecular weight excluding hydrogens is 338 g/mol. The maximum absolute atomic E-state index is 12.5. The number of aryl methyl sites for hydroxylation is 1. The van der Waals surface area contributed by atoms with E-state index in [1.165, 1.54) is 0 Å². The fourth-order valence-corrected chi connectivity index (χ4v) is 3.62. The number of ether oxygens (including phenoxy) is 1. The number of thiazole rings is 1. The van der Waals surface area contributed by atoms with Crippen LogP contribution in [0.5, 0.6) is 0 Å². The molecule has 1 atom stereocenters. The summed E-state index contributed by atoms with van der Waals surface area (Å²) in [6.45, 7) is 3.17. The first-order valence-electron chi connectivity index (χ1n) is 8.50. The third-order valence-corrected chi connectivity index (χ3v) is 5.40. The molecule has 1 aromatic rings. The molecule has 1 saturated heterocycles. The molecule has 0 radical (unpaired) electrons. The highest BCUT2D eigenvalue weighted by atomic mass is 32.1. The van der Waals surface area contributed by atoms with E-state index in [2.05, 4.69) is 4.98 Å². The fourth-order valence-electron chi connectivity index (χ4n) is 3.04. The van der Waals surface area contributed by atoms with Gasteiger partial charge in [-0.3, -0.25) is 9.59 Å². The quantitative estimate of drug-likeness (QED) is 0.726. The monoisotopic (exact) mass is 365 g/mol. The third kappa shape index (κ3) is 5.37. The fraction of sp³-hybridized carbons (Fsp3) is 0.611. The molecule has 1 fully saturated rings. The minimum Gasteiger partial charge on any atom is -0.376 e. The predicted octanol–water partition coefficient (Wildman–Crippen LogP) is 2.34. The zero-order valence-corrected chi connectivity index (χ0v) is 16.3. The van der Waals surface area contributed by atoms with Crippen LogP contribution in [0.2, 0.25) is 0 Å². The number of amides is 2. The number of likely N-dealkylation sites (tertiary alicyclic amines) is 1. The lowest BCUT2D eigenvalue weighted by atomic mass is 9.87. The number of hydrogen-bond donors (Lipinski definition) is 0. The zero-order chi connectivity index (χ0) is 18.4. The second-order valence-corrected chi connectivity index (χ2v) is 7.73. The largest absolute Gasteiger partial charge is 0.376 e. The second kappa shape index (κ2) is 8.58. The average molecular weight is 365 g/mol. The Morgan fingerprint density at radius 3 is 2.84 bits per heavy atom. The standard InChI is InChI=1S/C18H27N3O3S/c1-14-19-15(12-25-14)6-7-17(23)21-11-5-9-18(13-21,24-4)10-8-16(22)20(2)3/h6-7,12H,5,8-11,13H2,1-4H3/b7-6+/t18-/m0/s1. The Bertz CT molecular complexity index is 641. The summed E-state index contributed by atoms with van der Waals surface area (Å²) in [5.41, 5.74) is 0.368. The summed E-state index contributed by atoms with van der Waals surface area (Å²) in [7, 11) is 5.18. The molecule has 0 N–H and O–H groups in total. The van der Waals surface area contributed by atoms with Crippen LogP contribution in [0.1, 0.15) is 36.4 Å². The molecule has 6 nitrogen and oxygen atoms in total. The number of hydrogen-bond acceptors (Lipinski definition) is 5. The second-order valence-electron chi connectivity index (χ2n) is 6.66. The van der Waals surface area contributed by atoms with Crippen LogP contribution in [-0.4, -0.2) is 66.5 Å². The van der Waals surface area contributed by atoms with E-state index in [0.29, 0.717) is 25.9 Å². The van der Waals surface area contributed by atoms with E-state index in [1.807, 2.05) is 17.2 Å². The summed E-state index contributed by atoms with van der Waals surface area (Å²) < 4.78 is 5.76. The van der Waals surface area contributed by atoms with Gasteiger partial charge < -0.3 is 14.5 Å². The summed E-state index contributed by atoms with van der Waals surface area (Å²) in [6.07, 6.45) is 6.12. The number of nitrogens with zero attached hydrogens (tertiary/aromatic N) is 3. The molecule has 0 spiro atoms. The molecule has 2 rings (SSSR count). The van der Waals surface area contributed by atoms with Gasteiger partial charge in [-0.1, -0.05) is 0 Å². The van der Waals surface area contributed by atoms with E-state index < -0.39 is 5.60 Å². The molecule has 0 bridgehead atoms. The predicted molar refractivity (Wildman–Crippen MR) is 99.4 cm³/mol. The van der Waals surface area contributed by atoms with Crippen molar-refractivity contribution < 1.29 is 14.3 Å². The van der Waals surface area contributed by atoms with E-state index in [1.54, 1.807) is 49.6 Å². The molecule has 0 aliphatic carbocycles. The highest BCUT2D eigenvalue weighted by Gasteiger charge is 2.37. The Kier molecular flexibility index (Phi) is 6.72. The van der Waals surface area contributed by atoms with Crippen LogP contribution in [-0.2, 0) is 14.3 Å². The zero-order valence-electron chi connectivity index (χ0n) is 15.4. The van der Waals surface area contributed by atoms with E-state index in [0.717, 1.165) is 23.5 Å². The molecule has 0 saturated carbocycles. The highest BCUT2D eigenvalue weighted by molar-refractivity contribution is 7.09. The first-order chi connectivity index (χ1) is 11.8. The summed E-state index contributed by atoms with van der Waals surface area (Å²) in [4.78, 5) is 32.1. The molecule has 7 heteroatoms. The van der Waals surface area contributed by atoms with Crippen LogP contribution in [0.3, 0.4) is 0 Å². The number of rotatable bonds is 6. The van der Waals surface area contributed by atoms with Crippen LogP contribution in [0, 0.1) is 6.92 Å². The normalized spacial score (nSPS) is 20.9. The minimum atomic E-state index is -0.440. The number of carbonyl (C=O) groups is 2. The number of aromatic nitrogens is 1. The number of carbonyl (C=O) groups excluding carboxylic acids is 2. The van der Waals surface area contributed by atoms with Crippen LogP contribution in [0.25, 0.3) is 6.08 Å². The van der Waals surface area contributed by atoms with Crippen LogP contribution in [0.4, 0.5) is 0 Å². The van der Waals surface area contributed by atoms with Gasteiger partial charge in [0.05, 0.1) is 16.3 Å². The Morgan fingerprint density at radius 2 is 2.24 bits per heavy atom. The van der Waals surface area contributed by atoms with Gasteiger partial charge in [0.1, 0.15) is 0 Å². The molecule has 0 unspecified atom stereocenters. The van der Waals surface area contributed by atoms with Gasteiger partial charge in [0.2, 0.25) is 11.8 Å². The topological polar surface area (TPSA) is 62.7 Å². The van der Waals surface area contributed by atoms with Gasteiger partial charge in [-0.2, -0.15) is 0 Å². The van der Waals surface area contributed by atoms with Gasteiger partial charge in [-0.15, -0.1) is 11.3 Å². The average Bonchev–Trinajstić information content (AvgIpc) is 3.03. The summed E-state index contributed by atoms with van der Waals surface area (Å²) in [5, 5.41) is 2.91.